The molecule has 2 aromatic carbocycles. The van der Waals surface area contributed by atoms with Crippen molar-refractivity contribution in [1.82, 2.24) is 15.0 Å². The fourth-order valence-corrected chi connectivity index (χ4v) is 4.78. The lowest BCUT2D eigenvalue weighted by molar-refractivity contribution is 0.0277. The maximum Gasteiger partial charge on any atom is 0.357 e. The number of aryl methyl sites for hydroxylation is 1. The first-order chi connectivity index (χ1) is 18.7. The highest BCUT2D eigenvalue weighted by Crippen LogP contribution is 2.14. The number of hydrogen-bond acceptors (Lipinski definition) is 7. The van der Waals surface area contributed by atoms with E-state index in [0.717, 1.165) is 25.5 Å². The van der Waals surface area contributed by atoms with Gasteiger partial charge in [0.2, 0.25) is 0 Å². The number of ether oxygens (including phenoxy) is 1. The van der Waals surface area contributed by atoms with Crippen molar-refractivity contribution in [1.29, 1.82) is 0 Å². The maximum absolute atomic E-state index is 12.8. The van der Waals surface area contributed by atoms with Crippen LogP contribution in [0.5, 0.6) is 0 Å². The van der Waals surface area contributed by atoms with E-state index in [1.54, 1.807) is 0 Å². The molecular formula is C29H33N3O6S. The summed E-state index contributed by atoms with van der Waals surface area (Å²) in [5.41, 5.74) is 1.35. The highest BCUT2D eigenvalue weighted by atomic mass is 32.2. The van der Waals surface area contributed by atoms with E-state index in [-0.39, 0.29) is 27.8 Å². The average Bonchev–Trinajstić information content (AvgIpc) is 2.96. The van der Waals surface area contributed by atoms with Crippen LogP contribution in [-0.2, 0) is 21.2 Å². The number of nitrogens with zero attached hydrogens (tertiary/aromatic N) is 1. The Morgan fingerprint density at radius 2 is 1.62 bits per heavy atom. The summed E-state index contributed by atoms with van der Waals surface area (Å²) in [7, 11) is -4.27. The van der Waals surface area contributed by atoms with Crippen LogP contribution in [0.25, 0.3) is 0 Å². The smallest absolute Gasteiger partial charge is 0.357 e. The number of hydrogen-bond donors (Lipinski definition) is 2. The quantitative estimate of drug-likeness (QED) is 0.239. The predicted octanol–water partition coefficient (Wildman–Crippen LogP) is 4.30. The summed E-state index contributed by atoms with van der Waals surface area (Å²) in [6.07, 6.45) is 4.79. The van der Waals surface area contributed by atoms with Gasteiger partial charge in [-0.2, -0.15) is 0 Å². The Bertz CT molecular complexity index is 1370. The van der Waals surface area contributed by atoms with Gasteiger partial charge in [-0.1, -0.05) is 50.2 Å². The molecule has 0 atom stereocenters. The van der Waals surface area contributed by atoms with Crippen LogP contribution in [0.15, 0.2) is 77.8 Å². The molecular weight excluding hydrogens is 518 g/mol. The molecule has 0 fully saturated rings. The molecule has 0 aliphatic heterocycles. The number of pyridine rings is 1. The van der Waals surface area contributed by atoms with Gasteiger partial charge in [-0.05, 0) is 68.0 Å². The number of amides is 2. The first kappa shape index (κ1) is 29.5. The molecule has 2 amide bonds. The van der Waals surface area contributed by atoms with E-state index in [0.29, 0.717) is 19.4 Å². The van der Waals surface area contributed by atoms with Gasteiger partial charge in [0, 0.05) is 18.3 Å². The Hall–Kier alpha value is -4.05. The fourth-order valence-electron chi connectivity index (χ4n) is 3.76. The Morgan fingerprint density at radius 3 is 2.28 bits per heavy atom. The van der Waals surface area contributed by atoms with Crippen molar-refractivity contribution in [2.45, 2.75) is 57.0 Å². The van der Waals surface area contributed by atoms with Gasteiger partial charge in [0.15, 0.2) is 0 Å². The van der Waals surface area contributed by atoms with Crippen molar-refractivity contribution in [3.8, 4) is 0 Å². The number of aromatic nitrogens is 1. The van der Waals surface area contributed by atoms with E-state index in [4.69, 9.17) is 4.74 Å². The largest absolute Gasteiger partial charge is 0.458 e. The number of esters is 1. The molecule has 0 aliphatic rings. The molecule has 2 N–H and O–H groups in total. The third-order valence-electron chi connectivity index (χ3n) is 6.07. The average molecular weight is 552 g/mol. The highest BCUT2D eigenvalue weighted by molar-refractivity contribution is 7.90. The Morgan fingerprint density at radius 1 is 0.872 bits per heavy atom. The summed E-state index contributed by atoms with van der Waals surface area (Å²) in [5.74, 6) is -1.94. The molecule has 0 radical (unpaired) electrons. The zero-order valence-corrected chi connectivity index (χ0v) is 22.9. The molecule has 0 aliphatic carbocycles. The minimum absolute atomic E-state index is 0.0140. The molecule has 0 unspecified atom stereocenters. The molecule has 206 valence electrons. The summed E-state index contributed by atoms with van der Waals surface area (Å²) >= 11 is 0. The van der Waals surface area contributed by atoms with Crippen LogP contribution < -0.4 is 10.0 Å². The van der Waals surface area contributed by atoms with Gasteiger partial charge in [0.25, 0.3) is 21.8 Å². The van der Waals surface area contributed by atoms with Gasteiger partial charge in [-0.3, -0.25) is 9.59 Å². The van der Waals surface area contributed by atoms with E-state index >= 15 is 0 Å². The molecule has 10 heteroatoms. The fraction of sp³-hybridized carbons (Fsp3) is 0.310. The molecule has 0 bridgehead atoms. The van der Waals surface area contributed by atoms with Crippen molar-refractivity contribution < 1.29 is 27.5 Å². The molecule has 1 heterocycles. The van der Waals surface area contributed by atoms with Gasteiger partial charge in [0.1, 0.15) is 11.8 Å². The maximum atomic E-state index is 12.8. The second-order valence-corrected chi connectivity index (χ2v) is 10.6. The van der Waals surface area contributed by atoms with Gasteiger partial charge in [-0.15, -0.1) is 0 Å². The lowest BCUT2D eigenvalue weighted by atomic mass is 10.1. The summed E-state index contributed by atoms with van der Waals surface area (Å²) in [4.78, 5) is 41.0. The Kier molecular flexibility index (Phi) is 10.7. The first-order valence-corrected chi connectivity index (χ1v) is 14.4. The molecule has 9 nitrogen and oxygen atoms in total. The summed E-state index contributed by atoms with van der Waals surface area (Å²) in [6.45, 7) is 4.26. The number of carbonyl (C=O) groups excluding carboxylic acids is 3. The van der Waals surface area contributed by atoms with E-state index in [1.807, 2.05) is 36.8 Å². The zero-order chi connectivity index (χ0) is 28.3. The summed E-state index contributed by atoms with van der Waals surface area (Å²) < 4.78 is 33.0. The number of carbonyl (C=O) groups is 3. The number of rotatable bonds is 13. The van der Waals surface area contributed by atoms with Crippen LogP contribution in [0.4, 0.5) is 0 Å². The van der Waals surface area contributed by atoms with Crippen LogP contribution in [0.1, 0.15) is 76.3 Å². The minimum Gasteiger partial charge on any atom is -0.458 e. The molecule has 3 aromatic rings. The Labute approximate surface area is 229 Å². The summed E-state index contributed by atoms with van der Waals surface area (Å²) in [6, 6.07) is 18.1. The van der Waals surface area contributed by atoms with Crippen molar-refractivity contribution in [2.24, 2.45) is 0 Å². The second-order valence-electron chi connectivity index (χ2n) is 8.94. The van der Waals surface area contributed by atoms with E-state index in [9.17, 15) is 22.8 Å². The van der Waals surface area contributed by atoms with E-state index < -0.39 is 27.8 Å². The van der Waals surface area contributed by atoms with Crippen LogP contribution in [-0.4, -0.2) is 43.8 Å². The van der Waals surface area contributed by atoms with Crippen molar-refractivity contribution >= 4 is 27.8 Å². The SMILES string of the molecule is CCC(CC)OC(=O)c1ccc(C(=O)NS(=O)(=O)c2cccc(C(=O)NCCCCc3ccccc3)c2)cn1. The van der Waals surface area contributed by atoms with E-state index in [2.05, 4.69) is 22.4 Å². The Balaban J connectivity index is 1.55. The molecule has 0 saturated carbocycles. The van der Waals surface area contributed by atoms with Crippen LogP contribution in [0.3, 0.4) is 0 Å². The van der Waals surface area contributed by atoms with Gasteiger partial charge in [-0.25, -0.2) is 22.9 Å². The standard InChI is InChI=1S/C29H33N3O6S/c1-3-24(4-2)38-29(35)26-17-16-23(20-31-26)28(34)32-39(36,37)25-15-10-14-22(19-25)27(33)30-18-9-8-13-21-11-6-5-7-12-21/h5-7,10-12,14-17,19-20,24H,3-4,8-9,13,18H2,1-2H3,(H,30,33)(H,32,34). The number of sulfonamides is 1. The normalized spacial score (nSPS) is 11.2. The molecule has 0 spiro atoms. The van der Waals surface area contributed by atoms with Gasteiger partial charge < -0.3 is 10.1 Å². The topological polar surface area (TPSA) is 132 Å². The number of nitrogens with one attached hydrogen (secondary N) is 2. The zero-order valence-electron chi connectivity index (χ0n) is 22.1. The molecule has 3 rings (SSSR count). The predicted molar refractivity (Wildman–Crippen MR) is 147 cm³/mol. The summed E-state index contributed by atoms with van der Waals surface area (Å²) in [5, 5.41) is 2.80. The van der Waals surface area contributed by atoms with Gasteiger partial charge in [0.05, 0.1) is 10.5 Å². The molecule has 1 aromatic heterocycles. The van der Waals surface area contributed by atoms with Crippen molar-refractivity contribution in [3.05, 3.63) is 95.3 Å². The molecule has 0 saturated heterocycles. The van der Waals surface area contributed by atoms with Crippen LogP contribution >= 0.6 is 0 Å². The van der Waals surface area contributed by atoms with Crippen molar-refractivity contribution in [2.75, 3.05) is 6.54 Å². The van der Waals surface area contributed by atoms with Crippen LogP contribution in [0.2, 0.25) is 0 Å². The molecule has 39 heavy (non-hydrogen) atoms. The minimum atomic E-state index is -4.27. The third-order valence-corrected chi connectivity index (χ3v) is 7.40. The number of unbranched alkanes of at least 4 members (excludes halogenated alkanes) is 1. The highest BCUT2D eigenvalue weighted by Gasteiger charge is 2.21. The monoisotopic (exact) mass is 551 g/mol. The second kappa shape index (κ2) is 14.2. The first-order valence-electron chi connectivity index (χ1n) is 12.9. The lowest BCUT2D eigenvalue weighted by Gasteiger charge is -2.13. The lowest BCUT2D eigenvalue weighted by Crippen LogP contribution is -2.31. The van der Waals surface area contributed by atoms with Crippen LogP contribution in [0, 0.1) is 0 Å². The number of benzene rings is 2. The van der Waals surface area contributed by atoms with Crippen molar-refractivity contribution in [3.63, 3.8) is 0 Å². The third kappa shape index (κ3) is 8.75. The van der Waals surface area contributed by atoms with Gasteiger partial charge >= 0.3 is 5.97 Å². The van der Waals surface area contributed by atoms with E-state index in [1.165, 1.54) is 42.0 Å².